The first kappa shape index (κ1) is 8.19. The molecule has 2 aromatic rings. The van der Waals surface area contributed by atoms with Crippen LogP contribution in [0.15, 0.2) is 17.1 Å². The highest BCUT2D eigenvalue weighted by atomic mass is 32.1. The normalized spacial score (nSPS) is 10.5. The lowest BCUT2D eigenvalue weighted by Crippen LogP contribution is -1.84. The number of rotatable bonds is 1. The van der Waals surface area contributed by atoms with E-state index in [0.717, 1.165) is 20.9 Å². The van der Waals surface area contributed by atoms with Gasteiger partial charge in [0, 0.05) is 0 Å². The van der Waals surface area contributed by atoms with Crippen LogP contribution in [-0.2, 0) is 0 Å². The van der Waals surface area contributed by atoms with E-state index in [-0.39, 0.29) is 0 Å². The van der Waals surface area contributed by atoms with E-state index in [0.29, 0.717) is 5.69 Å². The number of aliphatic imine (C=N–C) groups is 1. The molecule has 66 valence electrons. The largest absolute Gasteiger partial charge is 0.397 e. The van der Waals surface area contributed by atoms with E-state index in [4.69, 9.17) is 5.73 Å². The molecule has 1 aromatic carbocycles. The molecule has 0 radical (unpaired) electrons. The minimum atomic E-state index is 0.632. The molecule has 13 heavy (non-hydrogen) atoms. The fraction of sp³-hybridized carbons (Fsp3) is 0.111. The summed E-state index contributed by atoms with van der Waals surface area (Å²) in [6.45, 7) is 5.43. The first-order valence-corrected chi connectivity index (χ1v) is 4.66. The molecule has 3 nitrogen and oxygen atoms in total. The summed E-state index contributed by atoms with van der Waals surface area (Å²) in [7, 11) is 0. The summed E-state index contributed by atoms with van der Waals surface area (Å²) in [5.74, 6) is 0. The Morgan fingerprint density at radius 3 is 3.00 bits per heavy atom. The molecule has 0 unspecified atom stereocenters. The third-order valence-corrected chi connectivity index (χ3v) is 2.75. The zero-order valence-electron chi connectivity index (χ0n) is 7.24. The maximum absolute atomic E-state index is 5.74. The van der Waals surface area contributed by atoms with E-state index >= 15 is 0 Å². The quantitative estimate of drug-likeness (QED) is 0.556. The van der Waals surface area contributed by atoms with E-state index in [1.54, 1.807) is 11.3 Å². The van der Waals surface area contributed by atoms with Crippen LogP contribution >= 0.6 is 11.3 Å². The van der Waals surface area contributed by atoms with Crippen molar-refractivity contribution in [3.05, 3.63) is 17.1 Å². The number of benzene rings is 1. The van der Waals surface area contributed by atoms with Crippen LogP contribution in [0.1, 0.15) is 5.01 Å². The molecule has 0 amide bonds. The smallest absolute Gasteiger partial charge is 0.0907 e. The van der Waals surface area contributed by atoms with Crippen molar-refractivity contribution in [1.82, 2.24) is 4.98 Å². The highest BCUT2D eigenvalue weighted by Gasteiger charge is 2.04. The second-order valence-corrected chi connectivity index (χ2v) is 4.00. The van der Waals surface area contributed by atoms with Crippen molar-refractivity contribution in [2.75, 3.05) is 5.73 Å². The van der Waals surface area contributed by atoms with E-state index in [1.807, 2.05) is 19.1 Å². The van der Waals surface area contributed by atoms with E-state index in [9.17, 15) is 0 Å². The minimum Gasteiger partial charge on any atom is -0.397 e. The molecular formula is C9H9N3S. The van der Waals surface area contributed by atoms with Gasteiger partial charge in [-0.25, -0.2) is 4.98 Å². The van der Waals surface area contributed by atoms with Crippen molar-refractivity contribution in [3.63, 3.8) is 0 Å². The standard InChI is InChI=1S/C9H9N3S/c1-5-12-8-3-6(10)7(11-2)4-9(8)13-5/h3-4H,2,10H2,1H3. The molecule has 0 atom stereocenters. The Kier molecular flexibility index (Phi) is 1.77. The third-order valence-electron chi connectivity index (χ3n) is 1.81. The Hall–Kier alpha value is -1.42. The predicted molar refractivity (Wildman–Crippen MR) is 58.0 cm³/mol. The van der Waals surface area contributed by atoms with Gasteiger partial charge in [0.25, 0.3) is 0 Å². The van der Waals surface area contributed by atoms with Gasteiger partial charge in [-0.1, -0.05) is 0 Å². The SMILES string of the molecule is C=Nc1cc2sc(C)nc2cc1N. The number of fused-ring (bicyclic) bond motifs is 1. The number of anilines is 1. The molecule has 0 aliphatic rings. The van der Waals surface area contributed by atoms with Gasteiger partial charge < -0.3 is 5.73 Å². The maximum Gasteiger partial charge on any atom is 0.0907 e. The molecule has 2 N–H and O–H groups in total. The maximum atomic E-state index is 5.74. The summed E-state index contributed by atoms with van der Waals surface area (Å²) in [5.41, 5.74) is 8.04. The molecule has 0 aliphatic carbocycles. The van der Waals surface area contributed by atoms with Crippen LogP contribution in [0, 0.1) is 6.92 Å². The number of nitrogen functional groups attached to an aromatic ring is 1. The van der Waals surface area contributed by atoms with Crippen molar-refractivity contribution in [2.45, 2.75) is 6.92 Å². The van der Waals surface area contributed by atoms with Gasteiger partial charge in [-0.3, -0.25) is 4.99 Å². The summed E-state index contributed by atoms with van der Waals surface area (Å²) in [6, 6.07) is 3.76. The van der Waals surface area contributed by atoms with Gasteiger partial charge in [-0.15, -0.1) is 11.3 Å². The van der Waals surface area contributed by atoms with Crippen LogP contribution in [0.3, 0.4) is 0 Å². The average molecular weight is 191 g/mol. The summed E-state index contributed by atoms with van der Waals surface area (Å²) < 4.78 is 1.11. The zero-order chi connectivity index (χ0) is 9.42. The molecule has 0 saturated carbocycles. The van der Waals surface area contributed by atoms with Gasteiger partial charge in [0.15, 0.2) is 0 Å². The van der Waals surface area contributed by atoms with Crippen molar-refractivity contribution in [1.29, 1.82) is 0 Å². The molecule has 0 spiro atoms. The Morgan fingerprint density at radius 1 is 1.54 bits per heavy atom. The van der Waals surface area contributed by atoms with Gasteiger partial charge >= 0.3 is 0 Å². The summed E-state index contributed by atoms with van der Waals surface area (Å²) in [6.07, 6.45) is 0. The molecule has 0 bridgehead atoms. The number of aromatic nitrogens is 1. The van der Waals surface area contributed by atoms with Crippen molar-refractivity contribution < 1.29 is 0 Å². The molecule has 2 rings (SSSR count). The lowest BCUT2D eigenvalue weighted by atomic mass is 10.2. The van der Waals surface area contributed by atoms with E-state index in [2.05, 4.69) is 16.7 Å². The molecule has 0 aliphatic heterocycles. The monoisotopic (exact) mass is 191 g/mol. The number of thiazole rings is 1. The highest BCUT2D eigenvalue weighted by Crippen LogP contribution is 2.30. The lowest BCUT2D eigenvalue weighted by Gasteiger charge is -1.97. The number of nitrogens with two attached hydrogens (primary N) is 1. The second-order valence-electron chi connectivity index (χ2n) is 2.77. The average Bonchev–Trinajstić information content (AvgIpc) is 2.42. The molecule has 0 fully saturated rings. The van der Waals surface area contributed by atoms with Gasteiger partial charge in [-0.05, 0) is 25.8 Å². The number of aryl methyl sites for hydroxylation is 1. The summed E-state index contributed by atoms with van der Waals surface area (Å²) in [5, 5.41) is 1.04. The number of nitrogens with zero attached hydrogens (tertiary/aromatic N) is 2. The zero-order valence-corrected chi connectivity index (χ0v) is 8.06. The van der Waals surface area contributed by atoms with Gasteiger partial charge in [0.1, 0.15) is 0 Å². The van der Waals surface area contributed by atoms with Gasteiger partial charge in [-0.2, -0.15) is 0 Å². The number of hydrogen-bond acceptors (Lipinski definition) is 4. The minimum absolute atomic E-state index is 0.632. The van der Waals surface area contributed by atoms with E-state index < -0.39 is 0 Å². The first-order chi connectivity index (χ1) is 6.20. The second kappa shape index (κ2) is 2.81. The van der Waals surface area contributed by atoms with Crippen LogP contribution in [0.2, 0.25) is 0 Å². The van der Waals surface area contributed by atoms with E-state index in [1.165, 1.54) is 0 Å². The first-order valence-electron chi connectivity index (χ1n) is 3.84. The number of hydrogen-bond donors (Lipinski definition) is 1. The summed E-state index contributed by atoms with van der Waals surface area (Å²) >= 11 is 1.64. The highest BCUT2D eigenvalue weighted by molar-refractivity contribution is 7.18. The fourth-order valence-electron chi connectivity index (χ4n) is 1.23. The van der Waals surface area contributed by atoms with Crippen LogP contribution in [0.4, 0.5) is 11.4 Å². The van der Waals surface area contributed by atoms with Crippen molar-refractivity contribution in [2.24, 2.45) is 4.99 Å². The topological polar surface area (TPSA) is 51.3 Å². The Morgan fingerprint density at radius 2 is 2.31 bits per heavy atom. The Labute approximate surface area is 79.9 Å². The molecule has 0 saturated heterocycles. The molecule has 1 heterocycles. The Balaban J connectivity index is 2.79. The van der Waals surface area contributed by atoms with Crippen LogP contribution in [0.25, 0.3) is 10.2 Å². The van der Waals surface area contributed by atoms with Crippen molar-refractivity contribution >= 4 is 39.6 Å². The molecule has 1 aromatic heterocycles. The lowest BCUT2D eigenvalue weighted by molar-refractivity contribution is 1.35. The van der Waals surface area contributed by atoms with Crippen LogP contribution < -0.4 is 5.73 Å². The summed E-state index contributed by atoms with van der Waals surface area (Å²) in [4.78, 5) is 8.16. The third kappa shape index (κ3) is 1.29. The predicted octanol–water partition coefficient (Wildman–Crippen LogP) is 2.52. The van der Waals surface area contributed by atoms with Crippen LogP contribution in [-0.4, -0.2) is 11.7 Å². The van der Waals surface area contributed by atoms with Crippen molar-refractivity contribution in [3.8, 4) is 0 Å². The van der Waals surface area contributed by atoms with Crippen LogP contribution in [0.5, 0.6) is 0 Å². The Bertz CT molecular complexity index is 473. The fourth-order valence-corrected chi connectivity index (χ4v) is 2.07. The molecule has 4 heteroatoms. The van der Waals surface area contributed by atoms with Gasteiger partial charge in [0.2, 0.25) is 0 Å². The molecular weight excluding hydrogens is 182 g/mol. The van der Waals surface area contributed by atoms with Gasteiger partial charge in [0.05, 0.1) is 26.6 Å².